The molecule has 0 unspecified atom stereocenters. The van der Waals surface area contributed by atoms with Crippen molar-refractivity contribution >= 4 is 33.3 Å². The van der Waals surface area contributed by atoms with Gasteiger partial charge in [-0.25, -0.2) is 4.98 Å². The van der Waals surface area contributed by atoms with Gasteiger partial charge in [0.25, 0.3) is 5.56 Å². The minimum Gasteiger partial charge on any atom is -0.303 e. The van der Waals surface area contributed by atoms with Crippen molar-refractivity contribution in [2.24, 2.45) is 0 Å². The average molecular weight is 360 g/mol. The van der Waals surface area contributed by atoms with Gasteiger partial charge < -0.3 is 9.88 Å². The summed E-state index contributed by atoms with van der Waals surface area (Å²) < 4.78 is 0. The first-order valence-corrected chi connectivity index (χ1v) is 10.0. The van der Waals surface area contributed by atoms with Crippen molar-refractivity contribution in [1.29, 1.82) is 0 Å². The van der Waals surface area contributed by atoms with Gasteiger partial charge in [0.2, 0.25) is 0 Å². The third kappa shape index (κ3) is 3.71. The van der Waals surface area contributed by atoms with Crippen LogP contribution in [0.5, 0.6) is 0 Å². The quantitative estimate of drug-likeness (QED) is 0.510. The van der Waals surface area contributed by atoms with Crippen molar-refractivity contribution in [3.8, 4) is 11.1 Å². The van der Waals surface area contributed by atoms with Gasteiger partial charge in [-0.1, -0.05) is 55.9 Å². The average Bonchev–Trinajstić information content (AvgIpc) is 3.04. The summed E-state index contributed by atoms with van der Waals surface area (Å²) in [6, 6.07) is 9.99. The van der Waals surface area contributed by atoms with E-state index in [2.05, 4.69) is 28.7 Å². The fourth-order valence-corrected chi connectivity index (χ4v) is 4.51. The fourth-order valence-electron chi connectivity index (χ4n) is 2.64. The van der Waals surface area contributed by atoms with E-state index in [0.717, 1.165) is 41.3 Å². The highest BCUT2D eigenvalue weighted by molar-refractivity contribution is 7.99. The Kier molecular flexibility index (Phi) is 5.71. The molecule has 0 aliphatic rings. The van der Waals surface area contributed by atoms with Gasteiger partial charge in [-0.2, -0.15) is 0 Å². The van der Waals surface area contributed by atoms with Crippen LogP contribution in [0.4, 0.5) is 0 Å². The van der Waals surface area contributed by atoms with Crippen LogP contribution in [0, 0.1) is 0 Å². The predicted molar refractivity (Wildman–Crippen MR) is 104 cm³/mol. The fraction of sp³-hybridized carbons (Fsp3) is 0.333. The second kappa shape index (κ2) is 7.96. The number of aromatic nitrogens is 2. The van der Waals surface area contributed by atoms with Crippen LogP contribution in [-0.2, 0) is 0 Å². The van der Waals surface area contributed by atoms with Gasteiger partial charge in [-0.15, -0.1) is 11.3 Å². The van der Waals surface area contributed by atoms with Crippen molar-refractivity contribution in [1.82, 2.24) is 14.9 Å². The van der Waals surface area contributed by atoms with E-state index in [4.69, 9.17) is 0 Å². The van der Waals surface area contributed by atoms with Crippen molar-refractivity contribution in [3.63, 3.8) is 0 Å². The molecule has 0 radical (unpaired) electrons. The third-order valence-corrected chi connectivity index (χ3v) is 5.77. The zero-order valence-electron chi connectivity index (χ0n) is 13.9. The Hall–Kier alpha value is -1.63. The first-order chi connectivity index (χ1) is 11.7. The second-order valence-electron chi connectivity index (χ2n) is 5.44. The number of hydrogen-bond acceptors (Lipinski definition) is 5. The van der Waals surface area contributed by atoms with Crippen LogP contribution in [0.1, 0.15) is 13.8 Å². The van der Waals surface area contributed by atoms with Crippen LogP contribution in [0.3, 0.4) is 0 Å². The minimum atomic E-state index is -0.0505. The van der Waals surface area contributed by atoms with Crippen molar-refractivity contribution in [3.05, 3.63) is 46.1 Å². The molecule has 1 aromatic carbocycles. The van der Waals surface area contributed by atoms with E-state index < -0.39 is 0 Å². The van der Waals surface area contributed by atoms with Crippen LogP contribution in [0.2, 0.25) is 0 Å². The van der Waals surface area contributed by atoms with Crippen LogP contribution in [0.25, 0.3) is 21.3 Å². The lowest BCUT2D eigenvalue weighted by Crippen LogP contribution is -2.25. The van der Waals surface area contributed by atoms with E-state index in [9.17, 15) is 4.79 Å². The lowest BCUT2D eigenvalue weighted by Gasteiger charge is -2.16. The van der Waals surface area contributed by atoms with Gasteiger partial charge in [0.1, 0.15) is 4.83 Å². The molecule has 0 aliphatic heterocycles. The van der Waals surface area contributed by atoms with Crippen LogP contribution in [-0.4, -0.2) is 40.3 Å². The van der Waals surface area contributed by atoms with E-state index in [0.29, 0.717) is 10.5 Å². The Morgan fingerprint density at radius 2 is 1.96 bits per heavy atom. The lowest BCUT2D eigenvalue weighted by molar-refractivity contribution is 0.324. The molecule has 0 aliphatic carbocycles. The van der Waals surface area contributed by atoms with Crippen LogP contribution < -0.4 is 5.56 Å². The molecule has 126 valence electrons. The van der Waals surface area contributed by atoms with Crippen LogP contribution >= 0.6 is 23.1 Å². The Morgan fingerprint density at radius 1 is 1.21 bits per heavy atom. The Balaban J connectivity index is 1.83. The summed E-state index contributed by atoms with van der Waals surface area (Å²) in [6.45, 7) is 7.42. The number of thioether (sulfide) groups is 1. The molecule has 3 aromatic rings. The summed E-state index contributed by atoms with van der Waals surface area (Å²) in [6.07, 6.45) is 0. The Labute approximate surface area is 149 Å². The molecular weight excluding hydrogens is 338 g/mol. The highest BCUT2D eigenvalue weighted by atomic mass is 32.2. The van der Waals surface area contributed by atoms with Crippen LogP contribution in [0.15, 0.2) is 45.7 Å². The molecule has 3 rings (SSSR count). The maximum atomic E-state index is 12.6. The number of nitrogens with zero attached hydrogens (tertiary/aromatic N) is 2. The summed E-state index contributed by atoms with van der Waals surface area (Å²) in [5, 5.41) is 3.42. The molecule has 0 bridgehead atoms. The highest BCUT2D eigenvalue weighted by Crippen LogP contribution is 2.31. The maximum absolute atomic E-state index is 12.6. The van der Waals surface area contributed by atoms with Gasteiger partial charge in [0, 0.05) is 23.2 Å². The molecule has 0 atom stereocenters. The number of thiophene rings is 1. The summed E-state index contributed by atoms with van der Waals surface area (Å²) in [7, 11) is 0. The van der Waals surface area contributed by atoms with Crippen molar-refractivity contribution in [2.45, 2.75) is 19.0 Å². The molecule has 0 fully saturated rings. The summed E-state index contributed by atoms with van der Waals surface area (Å²) >= 11 is 3.14. The number of aromatic amines is 1. The zero-order valence-corrected chi connectivity index (χ0v) is 15.5. The Morgan fingerprint density at radius 3 is 2.67 bits per heavy atom. The van der Waals surface area contributed by atoms with E-state index in [1.807, 2.05) is 35.7 Å². The largest absolute Gasteiger partial charge is 0.303 e. The number of hydrogen-bond donors (Lipinski definition) is 1. The number of nitrogens with one attached hydrogen (secondary N) is 1. The smallest absolute Gasteiger partial charge is 0.260 e. The summed E-state index contributed by atoms with van der Waals surface area (Å²) in [5.74, 6) is 0.924. The van der Waals surface area contributed by atoms with Crippen molar-refractivity contribution in [2.75, 3.05) is 25.4 Å². The Bertz CT molecular complexity index is 854. The number of rotatable bonds is 7. The van der Waals surface area contributed by atoms with E-state index in [1.165, 1.54) is 11.3 Å². The molecule has 0 saturated carbocycles. The molecule has 6 heteroatoms. The van der Waals surface area contributed by atoms with E-state index >= 15 is 0 Å². The number of fused-ring (bicyclic) bond motifs is 1. The van der Waals surface area contributed by atoms with Gasteiger partial charge in [0.05, 0.1) is 5.39 Å². The highest BCUT2D eigenvalue weighted by Gasteiger charge is 2.13. The topological polar surface area (TPSA) is 49.0 Å². The first kappa shape index (κ1) is 17.2. The molecule has 2 heterocycles. The van der Waals surface area contributed by atoms with Gasteiger partial charge >= 0.3 is 0 Å². The lowest BCUT2D eigenvalue weighted by atomic mass is 10.1. The molecule has 0 spiro atoms. The number of H-pyrrole nitrogens is 1. The molecule has 2 aromatic heterocycles. The van der Waals surface area contributed by atoms with Gasteiger partial charge in [0.15, 0.2) is 5.16 Å². The van der Waals surface area contributed by atoms with E-state index in [-0.39, 0.29) is 5.56 Å². The molecule has 24 heavy (non-hydrogen) atoms. The number of benzene rings is 1. The third-order valence-electron chi connectivity index (χ3n) is 4.05. The molecular formula is C18H21N3OS2. The van der Waals surface area contributed by atoms with Gasteiger partial charge in [-0.05, 0) is 18.7 Å². The second-order valence-corrected chi connectivity index (χ2v) is 7.38. The maximum Gasteiger partial charge on any atom is 0.260 e. The molecule has 0 saturated heterocycles. The summed E-state index contributed by atoms with van der Waals surface area (Å²) in [5.41, 5.74) is 1.97. The van der Waals surface area contributed by atoms with Gasteiger partial charge in [-0.3, -0.25) is 4.79 Å². The monoisotopic (exact) mass is 359 g/mol. The van der Waals surface area contributed by atoms with Crippen molar-refractivity contribution < 1.29 is 0 Å². The molecule has 4 nitrogen and oxygen atoms in total. The normalized spacial score (nSPS) is 11.5. The minimum absolute atomic E-state index is 0.0505. The SMILES string of the molecule is CCN(CC)CCSc1nc2scc(-c3ccccc3)c2c(=O)[nH]1. The zero-order chi connectivity index (χ0) is 16.9. The molecule has 1 N–H and O–H groups in total. The summed E-state index contributed by atoms with van der Waals surface area (Å²) in [4.78, 5) is 23.3. The standard InChI is InChI=1S/C18H21N3OS2/c1-3-21(4-2)10-11-23-18-19-16(22)15-14(12-24-17(15)20-18)13-8-6-5-7-9-13/h5-9,12H,3-4,10-11H2,1-2H3,(H,19,20,22). The first-order valence-electron chi connectivity index (χ1n) is 8.15. The predicted octanol–water partition coefficient (Wildman–Crippen LogP) is 4.09. The molecule has 0 amide bonds. The van der Waals surface area contributed by atoms with E-state index in [1.54, 1.807) is 11.8 Å².